The summed E-state index contributed by atoms with van der Waals surface area (Å²) in [6, 6.07) is 1.91. The van der Waals surface area contributed by atoms with Crippen LogP contribution in [0.1, 0.15) is 47.6 Å². The minimum Gasteiger partial charge on any atom is -0.481 e. The Bertz CT molecular complexity index is 968. The molecule has 3 heterocycles. The molecule has 0 aromatic carbocycles. The smallest absolute Gasteiger partial charge is 0.307 e. The van der Waals surface area contributed by atoms with Crippen LogP contribution in [0.15, 0.2) is 6.07 Å². The Hall–Kier alpha value is -2.77. The molecule has 1 saturated carbocycles. The summed E-state index contributed by atoms with van der Waals surface area (Å²) in [6.07, 6.45) is 2.61. The summed E-state index contributed by atoms with van der Waals surface area (Å²) < 4.78 is 1.71. The van der Waals surface area contributed by atoms with Crippen molar-refractivity contribution in [3.05, 3.63) is 34.4 Å². The lowest BCUT2D eigenvalue weighted by molar-refractivity contribution is -0.139. The number of hydrogen-bond acceptors (Lipinski definition) is 5. The molecular weight excluding hydrogens is 370 g/mol. The van der Waals surface area contributed by atoms with Crippen molar-refractivity contribution >= 4 is 11.9 Å². The Labute approximate surface area is 170 Å². The Kier molecular flexibility index (Phi) is 4.67. The summed E-state index contributed by atoms with van der Waals surface area (Å²) >= 11 is 0. The van der Waals surface area contributed by atoms with E-state index in [0.717, 1.165) is 47.6 Å². The Morgan fingerprint density at radius 2 is 1.76 bits per heavy atom. The zero-order chi connectivity index (χ0) is 20.9. The molecular formula is C21H27N5O3. The fourth-order valence-corrected chi connectivity index (χ4v) is 4.64. The van der Waals surface area contributed by atoms with Crippen LogP contribution in [0.5, 0.6) is 0 Å². The largest absolute Gasteiger partial charge is 0.481 e. The van der Waals surface area contributed by atoms with E-state index in [1.165, 1.54) is 0 Å². The molecule has 1 unspecified atom stereocenters. The van der Waals surface area contributed by atoms with Crippen LogP contribution < -0.4 is 0 Å². The number of amides is 1. The molecule has 29 heavy (non-hydrogen) atoms. The Morgan fingerprint density at radius 1 is 1.14 bits per heavy atom. The molecule has 2 fully saturated rings. The minimum atomic E-state index is -0.697. The normalized spacial score (nSPS) is 20.1. The van der Waals surface area contributed by atoms with Crippen LogP contribution in [0.4, 0.5) is 0 Å². The van der Waals surface area contributed by atoms with Gasteiger partial charge in [0.25, 0.3) is 5.95 Å². The number of likely N-dealkylation sites (tertiary alicyclic amines) is 1. The third-order valence-electron chi connectivity index (χ3n) is 6.53. The molecule has 1 aliphatic carbocycles. The van der Waals surface area contributed by atoms with Crippen LogP contribution in [-0.2, 0) is 16.0 Å². The van der Waals surface area contributed by atoms with Crippen molar-refractivity contribution in [1.29, 1.82) is 0 Å². The van der Waals surface area contributed by atoms with Gasteiger partial charge in [-0.2, -0.15) is 5.10 Å². The molecule has 0 bridgehead atoms. The monoisotopic (exact) mass is 397 g/mol. The lowest BCUT2D eigenvalue weighted by atomic mass is 9.90. The highest BCUT2D eigenvalue weighted by molar-refractivity contribution is 5.80. The molecule has 1 amide bonds. The van der Waals surface area contributed by atoms with Gasteiger partial charge in [0.1, 0.15) is 0 Å². The number of piperidine rings is 1. The van der Waals surface area contributed by atoms with E-state index in [4.69, 9.17) is 0 Å². The summed E-state index contributed by atoms with van der Waals surface area (Å²) in [5, 5.41) is 13.8. The van der Waals surface area contributed by atoms with E-state index in [0.29, 0.717) is 19.0 Å². The van der Waals surface area contributed by atoms with Crippen molar-refractivity contribution in [3.63, 3.8) is 0 Å². The van der Waals surface area contributed by atoms with Gasteiger partial charge in [-0.1, -0.05) is 0 Å². The maximum absolute atomic E-state index is 12.9. The summed E-state index contributed by atoms with van der Waals surface area (Å²) in [7, 11) is 0. The van der Waals surface area contributed by atoms with Crippen LogP contribution in [0.3, 0.4) is 0 Å². The van der Waals surface area contributed by atoms with Crippen molar-refractivity contribution in [2.24, 2.45) is 11.3 Å². The number of rotatable bonds is 4. The first kappa shape index (κ1) is 19.5. The molecule has 1 saturated heterocycles. The highest BCUT2D eigenvalue weighted by Gasteiger charge is 2.59. The molecule has 1 N–H and O–H groups in total. The predicted molar refractivity (Wildman–Crippen MR) is 106 cm³/mol. The lowest BCUT2D eigenvalue weighted by Gasteiger charge is -2.32. The SMILES string of the molecule is Cc1cc(C)nc(-n2nc(C)c(CC(=O)N3CCC4(CC3)CC4C(=O)O)c2C)n1. The van der Waals surface area contributed by atoms with Gasteiger partial charge >= 0.3 is 5.97 Å². The fraction of sp³-hybridized carbons (Fsp3) is 0.571. The highest BCUT2D eigenvalue weighted by Crippen LogP contribution is 2.59. The van der Waals surface area contributed by atoms with Crippen LogP contribution >= 0.6 is 0 Å². The van der Waals surface area contributed by atoms with Crippen LogP contribution in [0, 0.1) is 39.0 Å². The average Bonchev–Trinajstić information content (AvgIpc) is 3.29. The van der Waals surface area contributed by atoms with Gasteiger partial charge in [0.05, 0.1) is 18.0 Å². The third-order valence-corrected chi connectivity index (χ3v) is 6.53. The van der Waals surface area contributed by atoms with Gasteiger partial charge < -0.3 is 10.0 Å². The molecule has 2 aromatic rings. The van der Waals surface area contributed by atoms with E-state index in [2.05, 4.69) is 15.1 Å². The molecule has 2 aromatic heterocycles. The number of nitrogens with zero attached hydrogens (tertiary/aromatic N) is 5. The number of carboxylic acids is 1. The number of carbonyl (C=O) groups excluding carboxylic acids is 1. The van der Waals surface area contributed by atoms with Crippen LogP contribution in [0.25, 0.3) is 5.95 Å². The number of carboxylic acid groups (broad SMARTS) is 1. The summed E-state index contributed by atoms with van der Waals surface area (Å²) in [5.41, 5.74) is 4.27. The van der Waals surface area contributed by atoms with Gasteiger partial charge in [-0.15, -0.1) is 0 Å². The average molecular weight is 397 g/mol. The zero-order valence-corrected chi connectivity index (χ0v) is 17.4. The maximum Gasteiger partial charge on any atom is 0.307 e. The minimum absolute atomic E-state index is 0.0690. The zero-order valence-electron chi connectivity index (χ0n) is 17.4. The molecule has 1 spiro atoms. The van der Waals surface area contributed by atoms with Crippen molar-refractivity contribution < 1.29 is 14.7 Å². The quantitative estimate of drug-likeness (QED) is 0.848. The van der Waals surface area contributed by atoms with E-state index in [9.17, 15) is 14.7 Å². The second kappa shape index (κ2) is 6.93. The first-order valence-corrected chi connectivity index (χ1v) is 10.1. The Morgan fingerprint density at radius 3 is 2.31 bits per heavy atom. The highest BCUT2D eigenvalue weighted by atomic mass is 16.4. The standard InChI is InChI=1S/C21H27N5O3/c1-12-9-13(2)23-20(22-12)26-15(4)16(14(3)24-26)10-18(27)25-7-5-21(6-8-25)11-17(21)19(28)29/h9,17H,5-8,10-11H2,1-4H3,(H,28,29). The summed E-state index contributed by atoms with van der Waals surface area (Å²) in [4.78, 5) is 35.0. The first-order valence-electron chi connectivity index (χ1n) is 10.1. The predicted octanol–water partition coefficient (Wildman–Crippen LogP) is 2.15. The number of carbonyl (C=O) groups is 2. The van der Waals surface area contributed by atoms with Gasteiger partial charge in [-0.25, -0.2) is 14.6 Å². The van der Waals surface area contributed by atoms with E-state index in [1.807, 2.05) is 38.7 Å². The third kappa shape index (κ3) is 3.52. The van der Waals surface area contributed by atoms with Crippen LogP contribution in [-0.4, -0.2) is 54.7 Å². The molecule has 8 nitrogen and oxygen atoms in total. The van der Waals surface area contributed by atoms with E-state index in [-0.39, 0.29) is 23.7 Å². The molecule has 1 atom stereocenters. The number of aliphatic carboxylic acids is 1. The number of aryl methyl sites for hydroxylation is 3. The molecule has 2 aliphatic rings. The van der Waals surface area contributed by atoms with Crippen molar-refractivity contribution in [2.45, 2.75) is 53.4 Å². The maximum atomic E-state index is 12.9. The lowest BCUT2D eigenvalue weighted by Crippen LogP contribution is -2.40. The van der Waals surface area contributed by atoms with Gasteiger partial charge in [-0.3, -0.25) is 9.59 Å². The molecule has 8 heteroatoms. The fourth-order valence-electron chi connectivity index (χ4n) is 4.64. The first-order chi connectivity index (χ1) is 13.7. The van der Waals surface area contributed by atoms with E-state index >= 15 is 0 Å². The second-order valence-corrected chi connectivity index (χ2v) is 8.53. The molecule has 1 aliphatic heterocycles. The molecule has 0 radical (unpaired) electrons. The molecule has 154 valence electrons. The number of aromatic nitrogens is 4. The van der Waals surface area contributed by atoms with Crippen molar-refractivity contribution in [3.8, 4) is 5.95 Å². The second-order valence-electron chi connectivity index (χ2n) is 8.53. The Balaban J connectivity index is 1.47. The van der Waals surface area contributed by atoms with Crippen molar-refractivity contribution in [2.75, 3.05) is 13.1 Å². The number of hydrogen-bond donors (Lipinski definition) is 1. The van der Waals surface area contributed by atoms with Crippen molar-refractivity contribution in [1.82, 2.24) is 24.6 Å². The van der Waals surface area contributed by atoms with E-state index < -0.39 is 5.97 Å². The van der Waals surface area contributed by atoms with E-state index in [1.54, 1.807) is 4.68 Å². The van der Waals surface area contributed by atoms with Gasteiger partial charge in [0, 0.05) is 35.7 Å². The molecule has 4 rings (SSSR count). The summed E-state index contributed by atoms with van der Waals surface area (Å²) in [6.45, 7) is 8.96. The van der Waals surface area contributed by atoms with Gasteiger partial charge in [-0.05, 0) is 58.4 Å². The van der Waals surface area contributed by atoms with Gasteiger partial charge in [0.15, 0.2) is 0 Å². The topological polar surface area (TPSA) is 101 Å². The van der Waals surface area contributed by atoms with Crippen LogP contribution in [0.2, 0.25) is 0 Å². The summed E-state index contributed by atoms with van der Waals surface area (Å²) in [5.74, 6) is -0.327. The van der Waals surface area contributed by atoms with Gasteiger partial charge in [0.2, 0.25) is 5.91 Å².